The molecule has 0 bridgehead atoms. The Balaban J connectivity index is 0.000000256. The second-order valence-corrected chi connectivity index (χ2v) is 18.3. The Morgan fingerprint density at radius 1 is 0.475 bits per heavy atom. The minimum absolute atomic E-state index is 0. The number of nitrogens with one attached hydrogen (secondary N) is 2. The quantitative estimate of drug-likeness (QED) is 0.0445. The molecule has 0 aromatic heterocycles. The Labute approximate surface area is 384 Å². The summed E-state index contributed by atoms with van der Waals surface area (Å²) in [4.78, 5) is 4.07. The van der Waals surface area contributed by atoms with Gasteiger partial charge in [0.05, 0.1) is 44.9 Å². The van der Waals surface area contributed by atoms with E-state index in [0.717, 1.165) is 48.2 Å². The molecule has 2 N–H and O–H groups in total. The number of nitrogens with zero attached hydrogens (tertiary/aromatic N) is 2. The number of benzene rings is 4. The average molecular weight is 871 g/mol. The van der Waals surface area contributed by atoms with Gasteiger partial charge in [0.25, 0.3) is 0 Å². The molecule has 2 aliphatic heterocycles. The minimum atomic E-state index is -4.52. The van der Waals surface area contributed by atoms with Crippen molar-refractivity contribution in [3.8, 4) is 0 Å². The van der Waals surface area contributed by atoms with Gasteiger partial charge in [-0.3, -0.25) is 0 Å². The van der Waals surface area contributed by atoms with Gasteiger partial charge in [-0.05, 0) is 61.1 Å². The Hall–Kier alpha value is -2.84. The maximum absolute atomic E-state index is 11.7. The Morgan fingerprint density at radius 3 is 1.15 bits per heavy atom. The van der Waals surface area contributed by atoms with Gasteiger partial charge in [-0.25, -0.2) is 16.8 Å². The largest absolute Gasteiger partial charge is 2.00 e. The summed E-state index contributed by atoms with van der Waals surface area (Å²) in [5, 5.41) is 6.68. The maximum Gasteiger partial charge on any atom is 2.00 e. The van der Waals surface area contributed by atoms with Crippen LogP contribution in [0.2, 0.25) is 0 Å². The smallest absolute Gasteiger partial charge is 0.744 e. The van der Waals surface area contributed by atoms with E-state index in [1.54, 1.807) is 12.1 Å². The Kier molecular flexibility index (Phi) is 20.3. The Morgan fingerprint density at radius 2 is 0.814 bits per heavy atom. The first-order chi connectivity index (χ1) is 28.0. The number of hydrogen-bond donors (Lipinski definition) is 2. The molecule has 0 aliphatic carbocycles. The summed E-state index contributed by atoms with van der Waals surface area (Å²) in [7, 11) is -9.05. The van der Waals surface area contributed by atoms with Crippen LogP contribution in [0.5, 0.6) is 0 Å². The van der Waals surface area contributed by atoms with Gasteiger partial charge < -0.3 is 29.5 Å². The fraction of sp³-hybridized carbons (Fsp3) is 0.478. The van der Waals surface area contributed by atoms with Crippen LogP contribution in [0.3, 0.4) is 0 Å². The van der Waals surface area contributed by atoms with E-state index in [-0.39, 0.29) is 59.9 Å². The number of anilines is 4. The zero-order valence-corrected chi connectivity index (χ0v) is 38.8. The maximum atomic E-state index is 11.7. The van der Waals surface area contributed by atoms with Crippen LogP contribution in [-0.4, -0.2) is 76.0 Å². The molecule has 13 heteroatoms. The third kappa shape index (κ3) is 14.6. The monoisotopic (exact) mass is 870 g/mol. The molecule has 4 aromatic rings. The first kappa shape index (κ1) is 48.8. The summed E-state index contributed by atoms with van der Waals surface area (Å²) in [5.74, 6) is 0. The SMILES string of the molecule is CCCCCCCCCC1Nc2c(cccc2S(=O)(=O)[O-])N1Cc1ccccc1.CCCCCCCCCC1Nc2c(cccc2S(=O)(=O)[O-])N1Cc1ccccc1.[Ca+2]. The second-order valence-electron chi connectivity index (χ2n) is 15.6. The van der Waals surface area contributed by atoms with Crippen LogP contribution in [-0.2, 0) is 33.3 Å². The molecule has 10 nitrogen and oxygen atoms in total. The van der Waals surface area contributed by atoms with Crippen LogP contribution in [0, 0.1) is 0 Å². The van der Waals surface area contributed by atoms with Crippen LogP contribution in [0.15, 0.2) is 107 Å². The molecule has 0 amide bonds. The number of rotatable bonds is 22. The molecular formula is C46H62CaN4O6S2. The van der Waals surface area contributed by atoms with Gasteiger partial charge in [0, 0.05) is 13.1 Å². The molecular weight excluding hydrogens is 809 g/mol. The molecule has 0 saturated carbocycles. The van der Waals surface area contributed by atoms with E-state index in [1.165, 1.54) is 89.2 Å². The molecule has 2 heterocycles. The van der Waals surface area contributed by atoms with Crippen molar-refractivity contribution in [3.63, 3.8) is 0 Å². The predicted octanol–water partition coefficient (Wildman–Crippen LogP) is 10.6. The van der Waals surface area contributed by atoms with Gasteiger partial charge >= 0.3 is 37.7 Å². The molecule has 0 fully saturated rings. The fourth-order valence-corrected chi connectivity index (χ4v) is 9.36. The van der Waals surface area contributed by atoms with Crippen LogP contribution in [0.4, 0.5) is 22.7 Å². The van der Waals surface area contributed by atoms with Crippen molar-refractivity contribution in [3.05, 3.63) is 108 Å². The molecule has 2 unspecified atom stereocenters. The summed E-state index contributed by atoms with van der Waals surface area (Å²) >= 11 is 0. The topological polar surface area (TPSA) is 145 Å². The molecule has 2 aliphatic rings. The molecule has 316 valence electrons. The molecule has 2 atom stereocenters. The number of unbranched alkanes of at least 4 members (excludes halogenated alkanes) is 12. The first-order valence-electron chi connectivity index (χ1n) is 21.3. The van der Waals surface area contributed by atoms with Crippen molar-refractivity contribution < 1.29 is 25.9 Å². The molecule has 59 heavy (non-hydrogen) atoms. The van der Waals surface area contributed by atoms with Crippen molar-refractivity contribution in [2.75, 3.05) is 20.4 Å². The first-order valence-corrected chi connectivity index (χ1v) is 24.1. The average Bonchev–Trinajstić information content (AvgIpc) is 3.74. The van der Waals surface area contributed by atoms with Crippen LogP contribution in [0.25, 0.3) is 0 Å². The molecule has 0 spiro atoms. The second kappa shape index (κ2) is 24.6. The van der Waals surface area contributed by atoms with E-state index >= 15 is 0 Å². The van der Waals surface area contributed by atoms with E-state index in [0.29, 0.717) is 24.5 Å². The molecule has 4 aromatic carbocycles. The standard InChI is InChI=1S/2C23H32N2O3S.Ca/c2*1-2-3-4-5-6-7-11-17-22-24-23-20(15-12-16-21(23)29(26,27)28)25(22)18-19-13-9-8-10-14-19;/h2*8-10,12-16,22,24H,2-7,11,17-18H2,1H3,(H,26,27,28);/q;;+2/p-2. The van der Waals surface area contributed by atoms with Crippen molar-refractivity contribution in [1.29, 1.82) is 0 Å². The zero-order chi connectivity index (χ0) is 41.4. The van der Waals surface area contributed by atoms with E-state index in [2.05, 4.69) is 58.5 Å². The number of fused-ring (bicyclic) bond motifs is 2. The van der Waals surface area contributed by atoms with Gasteiger partial charge in [0.15, 0.2) is 0 Å². The minimum Gasteiger partial charge on any atom is -0.744 e. The van der Waals surface area contributed by atoms with Crippen molar-refractivity contribution in [2.24, 2.45) is 0 Å². The van der Waals surface area contributed by atoms with E-state index < -0.39 is 20.2 Å². The number of hydrogen-bond acceptors (Lipinski definition) is 10. The van der Waals surface area contributed by atoms with E-state index in [4.69, 9.17) is 0 Å². The van der Waals surface area contributed by atoms with E-state index in [1.807, 2.05) is 48.5 Å². The summed E-state index contributed by atoms with van der Waals surface area (Å²) in [6.07, 6.45) is 19.0. The van der Waals surface area contributed by atoms with Crippen LogP contribution >= 0.6 is 0 Å². The van der Waals surface area contributed by atoms with Crippen molar-refractivity contribution >= 4 is 80.7 Å². The third-order valence-corrected chi connectivity index (χ3v) is 12.9. The summed E-state index contributed by atoms with van der Waals surface area (Å²) < 4.78 is 70.4. The van der Waals surface area contributed by atoms with Gasteiger partial charge in [0.1, 0.15) is 20.2 Å². The van der Waals surface area contributed by atoms with E-state index in [9.17, 15) is 25.9 Å². The summed E-state index contributed by atoms with van der Waals surface area (Å²) in [6.45, 7) is 5.79. The zero-order valence-electron chi connectivity index (χ0n) is 35.0. The van der Waals surface area contributed by atoms with Gasteiger partial charge in [-0.15, -0.1) is 0 Å². The molecule has 6 rings (SSSR count). The fourth-order valence-electron chi connectivity index (χ4n) is 8.05. The van der Waals surface area contributed by atoms with Crippen molar-refractivity contribution in [1.82, 2.24) is 0 Å². The normalized spacial score (nSPS) is 15.7. The summed E-state index contributed by atoms with van der Waals surface area (Å²) in [5.41, 5.74) is 4.79. The van der Waals surface area contributed by atoms with Crippen LogP contribution < -0.4 is 20.4 Å². The van der Waals surface area contributed by atoms with Crippen molar-refractivity contribution in [2.45, 2.75) is 152 Å². The van der Waals surface area contributed by atoms with Crippen LogP contribution in [0.1, 0.15) is 128 Å². The van der Waals surface area contributed by atoms with Gasteiger partial charge in [-0.1, -0.05) is 164 Å². The molecule has 0 saturated heterocycles. The van der Waals surface area contributed by atoms with Gasteiger partial charge in [0.2, 0.25) is 0 Å². The van der Waals surface area contributed by atoms with Gasteiger partial charge in [-0.2, -0.15) is 0 Å². The third-order valence-electron chi connectivity index (χ3n) is 11.1. The Bertz CT molecular complexity index is 1920. The molecule has 0 radical (unpaired) electrons. The predicted molar refractivity (Wildman–Crippen MR) is 240 cm³/mol. The summed E-state index contributed by atoms with van der Waals surface area (Å²) in [6, 6.07) is 30.1. The number of para-hydroxylation sites is 2.